The van der Waals surface area contributed by atoms with E-state index in [1.54, 1.807) is 31.7 Å². The van der Waals surface area contributed by atoms with Gasteiger partial charge in [0.25, 0.3) is 5.56 Å². The molecular weight excluding hydrogens is 348 g/mol. The fraction of sp³-hybridized carbons (Fsp3) is 0.500. The van der Waals surface area contributed by atoms with E-state index in [1.807, 2.05) is 0 Å². The molecule has 0 spiro atoms. The first-order valence-electron chi connectivity index (χ1n) is 9.01. The third kappa shape index (κ3) is 3.91. The van der Waals surface area contributed by atoms with Crippen LogP contribution in [-0.4, -0.2) is 49.6 Å². The van der Waals surface area contributed by atoms with Gasteiger partial charge in [0.1, 0.15) is 5.82 Å². The second kappa shape index (κ2) is 7.34. The Kier molecular flexibility index (Phi) is 5.11. The van der Waals surface area contributed by atoms with Crippen LogP contribution in [0.1, 0.15) is 36.7 Å². The summed E-state index contributed by atoms with van der Waals surface area (Å²) in [5, 5.41) is 6.87. The van der Waals surface area contributed by atoms with Gasteiger partial charge < -0.3 is 10.2 Å². The van der Waals surface area contributed by atoms with E-state index >= 15 is 0 Å². The van der Waals surface area contributed by atoms with Crippen LogP contribution >= 0.6 is 0 Å². The zero-order valence-electron chi connectivity index (χ0n) is 16.0. The molecule has 144 valence electrons. The zero-order chi connectivity index (χ0) is 19.7. The summed E-state index contributed by atoms with van der Waals surface area (Å²) >= 11 is 0. The van der Waals surface area contributed by atoms with Crippen molar-refractivity contribution in [1.29, 1.82) is 0 Å². The lowest BCUT2D eigenvalue weighted by Gasteiger charge is -2.29. The van der Waals surface area contributed by atoms with E-state index in [0.29, 0.717) is 36.0 Å². The number of hydrogen-bond acceptors (Lipinski definition) is 5. The van der Waals surface area contributed by atoms with Crippen LogP contribution in [0.25, 0.3) is 5.95 Å². The maximum absolute atomic E-state index is 12.4. The van der Waals surface area contributed by atoms with Gasteiger partial charge in [-0.3, -0.25) is 19.4 Å². The van der Waals surface area contributed by atoms with Crippen molar-refractivity contribution in [3.05, 3.63) is 33.4 Å². The average Bonchev–Trinajstić information content (AvgIpc) is 2.99. The lowest BCUT2D eigenvalue weighted by molar-refractivity contribution is -0.144. The largest absolute Gasteiger partial charge is 0.334 e. The van der Waals surface area contributed by atoms with Crippen LogP contribution in [0.5, 0.6) is 0 Å². The first-order valence-corrected chi connectivity index (χ1v) is 9.01. The quantitative estimate of drug-likeness (QED) is 0.766. The number of nitrogens with zero attached hydrogens (tertiary/aromatic N) is 4. The van der Waals surface area contributed by atoms with E-state index in [2.05, 4.69) is 27.3 Å². The highest BCUT2D eigenvalue weighted by molar-refractivity contribution is 6.39. The van der Waals surface area contributed by atoms with E-state index in [-0.39, 0.29) is 17.3 Å². The molecule has 0 aromatic carbocycles. The van der Waals surface area contributed by atoms with Crippen LogP contribution in [0.2, 0.25) is 0 Å². The first-order chi connectivity index (χ1) is 12.8. The summed E-state index contributed by atoms with van der Waals surface area (Å²) in [6.45, 7) is 8.46. The minimum Gasteiger partial charge on any atom is -0.334 e. The van der Waals surface area contributed by atoms with E-state index in [1.165, 1.54) is 4.68 Å². The molecule has 1 aliphatic heterocycles. The number of aromatic nitrogens is 4. The molecule has 1 aliphatic rings. The summed E-state index contributed by atoms with van der Waals surface area (Å²) in [7, 11) is 0. The summed E-state index contributed by atoms with van der Waals surface area (Å²) in [4.78, 5) is 45.4. The van der Waals surface area contributed by atoms with Gasteiger partial charge in [-0.15, -0.1) is 0 Å². The molecular formula is C18H24N6O3. The zero-order valence-corrected chi connectivity index (χ0v) is 16.0. The van der Waals surface area contributed by atoms with Gasteiger partial charge in [-0.05, 0) is 39.5 Å². The van der Waals surface area contributed by atoms with Crippen molar-refractivity contribution in [2.75, 3.05) is 18.4 Å². The number of nitrogens with one attached hydrogen (secondary N) is 2. The topological polar surface area (TPSA) is 113 Å². The molecule has 1 saturated heterocycles. The van der Waals surface area contributed by atoms with Crippen LogP contribution < -0.4 is 10.9 Å². The number of piperidine rings is 1. The molecule has 3 heterocycles. The van der Waals surface area contributed by atoms with Gasteiger partial charge in [0, 0.05) is 30.4 Å². The monoisotopic (exact) mass is 372 g/mol. The number of likely N-dealkylation sites (tertiary alicyclic amines) is 1. The maximum atomic E-state index is 12.4. The fourth-order valence-corrected chi connectivity index (χ4v) is 3.01. The Morgan fingerprint density at radius 3 is 2.52 bits per heavy atom. The molecule has 27 heavy (non-hydrogen) atoms. The standard InChI is InChI=1S/C18H24N6O3/c1-10-5-7-23(8-6-10)17(27)16(26)20-14-9-11(2)22-24(14)18-19-13(4)12(3)15(25)21-18/h9-10H,5-8H2,1-4H3,(H,20,26)(H,19,21,25). The normalized spacial score (nSPS) is 15.0. The number of hydrogen-bond donors (Lipinski definition) is 2. The van der Waals surface area contributed by atoms with Gasteiger partial charge in [0.05, 0.1) is 5.69 Å². The number of carbonyl (C=O) groups excluding carboxylic acids is 2. The second-order valence-corrected chi connectivity index (χ2v) is 7.11. The van der Waals surface area contributed by atoms with E-state index < -0.39 is 11.8 Å². The molecule has 0 unspecified atom stereocenters. The van der Waals surface area contributed by atoms with Crippen LogP contribution in [-0.2, 0) is 9.59 Å². The Morgan fingerprint density at radius 1 is 1.22 bits per heavy atom. The van der Waals surface area contributed by atoms with Crippen LogP contribution in [0.3, 0.4) is 0 Å². The van der Waals surface area contributed by atoms with Crippen molar-refractivity contribution >= 4 is 17.6 Å². The van der Waals surface area contributed by atoms with Crippen molar-refractivity contribution in [2.45, 2.75) is 40.5 Å². The Bertz CT molecular complexity index is 937. The second-order valence-electron chi connectivity index (χ2n) is 7.11. The van der Waals surface area contributed by atoms with Gasteiger partial charge in [-0.1, -0.05) is 6.92 Å². The Balaban J connectivity index is 1.83. The predicted molar refractivity (Wildman–Crippen MR) is 99.8 cm³/mol. The highest BCUT2D eigenvalue weighted by Gasteiger charge is 2.26. The SMILES string of the molecule is Cc1cc(NC(=O)C(=O)N2CCC(C)CC2)n(-c2nc(C)c(C)c(=O)[nH]2)n1. The summed E-state index contributed by atoms with van der Waals surface area (Å²) in [6.07, 6.45) is 1.79. The number of rotatable bonds is 2. The highest BCUT2D eigenvalue weighted by atomic mass is 16.2. The third-order valence-corrected chi connectivity index (χ3v) is 4.92. The van der Waals surface area contributed by atoms with Crippen molar-refractivity contribution in [2.24, 2.45) is 5.92 Å². The summed E-state index contributed by atoms with van der Waals surface area (Å²) in [5.74, 6) is -0.257. The lowest BCUT2D eigenvalue weighted by atomic mass is 9.99. The Labute approximate surface area is 156 Å². The minimum absolute atomic E-state index is 0.186. The molecule has 2 N–H and O–H groups in total. The number of amides is 2. The summed E-state index contributed by atoms with van der Waals surface area (Å²) < 4.78 is 1.33. The Morgan fingerprint density at radius 2 is 1.89 bits per heavy atom. The summed E-state index contributed by atoms with van der Waals surface area (Å²) in [6, 6.07) is 1.62. The minimum atomic E-state index is -0.725. The smallest absolute Gasteiger partial charge is 0.315 e. The molecule has 9 heteroatoms. The molecule has 0 radical (unpaired) electrons. The average molecular weight is 372 g/mol. The van der Waals surface area contributed by atoms with Gasteiger partial charge >= 0.3 is 11.8 Å². The number of H-pyrrole nitrogens is 1. The lowest BCUT2D eigenvalue weighted by Crippen LogP contribution is -2.44. The van der Waals surface area contributed by atoms with Crippen molar-refractivity contribution in [3.8, 4) is 5.95 Å². The highest BCUT2D eigenvalue weighted by Crippen LogP contribution is 2.18. The predicted octanol–water partition coefficient (Wildman–Crippen LogP) is 1.08. The van der Waals surface area contributed by atoms with E-state index in [9.17, 15) is 14.4 Å². The third-order valence-electron chi connectivity index (χ3n) is 4.92. The van der Waals surface area contributed by atoms with Crippen molar-refractivity contribution in [1.82, 2.24) is 24.6 Å². The van der Waals surface area contributed by atoms with Gasteiger partial charge in [-0.2, -0.15) is 9.78 Å². The molecule has 1 fully saturated rings. The Hall–Kier alpha value is -2.97. The molecule has 0 saturated carbocycles. The van der Waals surface area contributed by atoms with Gasteiger partial charge in [-0.25, -0.2) is 4.98 Å². The molecule has 2 amide bonds. The number of aryl methyl sites for hydroxylation is 2. The van der Waals surface area contributed by atoms with Crippen molar-refractivity contribution in [3.63, 3.8) is 0 Å². The summed E-state index contributed by atoms with van der Waals surface area (Å²) in [5.41, 5.74) is 1.42. The van der Waals surface area contributed by atoms with Crippen molar-refractivity contribution < 1.29 is 9.59 Å². The van der Waals surface area contributed by atoms with Gasteiger partial charge in [0.15, 0.2) is 0 Å². The van der Waals surface area contributed by atoms with Crippen LogP contribution in [0, 0.1) is 26.7 Å². The maximum Gasteiger partial charge on any atom is 0.315 e. The molecule has 0 bridgehead atoms. The van der Waals surface area contributed by atoms with Crippen LogP contribution in [0.15, 0.2) is 10.9 Å². The number of carbonyl (C=O) groups is 2. The molecule has 0 aliphatic carbocycles. The van der Waals surface area contributed by atoms with E-state index in [0.717, 1.165) is 12.8 Å². The molecule has 3 rings (SSSR count). The van der Waals surface area contributed by atoms with E-state index in [4.69, 9.17) is 0 Å². The molecule has 2 aromatic heterocycles. The first kappa shape index (κ1) is 18.8. The molecule has 0 atom stereocenters. The molecule has 2 aromatic rings. The number of aromatic amines is 1. The fourth-order valence-electron chi connectivity index (χ4n) is 3.01. The number of anilines is 1. The van der Waals surface area contributed by atoms with Crippen LogP contribution in [0.4, 0.5) is 5.82 Å². The van der Waals surface area contributed by atoms with Gasteiger partial charge in [0.2, 0.25) is 5.95 Å². The molecule has 9 nitrogen and oxygen atoms in total.